The summed E-state index contributed by atoms with van der Waals surface area (Å²) >= 11 is 0. The van der Waals surface area contributed by atoms with Crippen LogP contribution in [0.2, 0.25) is 16.6 Å². The Labute approximate surface area is 211 Å². The summed E-state index contributed by atoms with van der Waals surface area (Å²) < 4.78 is 17.1. The molecule has 1 aliphatic carbocycles. The predicted molar refractivity (Wildman–Crippen MR) is 140 cm³/mol. The molecule has 3 fully saturated rings. The van der Waals surface area contributed by atoms with Gasteiger partial charge in [-0.2, -0.15) is 0 Å². The smallest absolute Gasteiger partial charge is 0.323 e. The molecule has 2 saturated heterocycles. The first kappa shape index (κ1) is 26.2. The number of carbonyl (C=O) groups is 1. The van der Waals surface area contributed by atoms with Gasteiger partial charge < -0.3 is 19.5 Å². The van der Waals surface area contributed by atoms with E-state index in [9.17, 15) is 4.79 Å². The molecule has 1 saturated carbocycles. The van der Waals surface area contributed by atoms with Gasteiger partial charge in [-0.3, -0.25) is 4.79 Å². The third kappa shape index (κ3) is 4.90. The van der Waals surface area contributed by atoms with Crippen LogP contribution in [0.15, 0.2) is 12.3 Å². The zero-order chi connectivity index (χ0) is 25.4. The number of esters is 1. The summed E-state index contributed by atoms with van der Waals surface area (Å²) in [7, 11) is -0.412. The van der Waals surface area contributed by atoms with E-state index in [-0.39, 0.29) is 23.5 Å². The fourth-order valence-corrected chi connectivity index (χ4v) is 11.9. The number of rotatable bonds is 7. The lowest BCUT2D eigenvalue weighted by atomic mass is 9.89. The van der Waals surface area contributed by atoms with Gasteiger partial charge in [0.2, 0.25) is 5.88 Å². The average Bonchev–Trinajstić information content (AvgIpc) is 3.40. The summed E-state index contributed by atoms with van der Waals surface area (Å²) in [5, 5.41) is 3.21. The maximum atomic E-state index is 11.9. The van der Waals surface area contributed by atoms with Crippen LogP contribution in [0.4, 0.5) is 0 Å². The van der Waals surface area contributed by atoms with Crippen LogP contribution in [0.3, 0.4) is 0 Å². The van der Waals surface area contributed by atoms with Crippen molar-refractivity contribution < 1.29 is 19.0 Å². The summed E-state index contributed by atoms with van der Waals surface area (Å²) in [6.07, 6.45) is 4.44. The molecule has 0 aromatic carbocycles. The largest absolute Gasteiger partial charge is 0.473 e. The molecule has 0 amide bonds. The van der Waals surface area contributed by atoms with Crippen LogP contribution < -0.4 is 10.1 Å². The maximum absolute atomic E-state index is 11.9. The first-order valence-corrected chi connectivity index (χ1v) is 15.5. The van der Waals surface area contributed by atoms with Gasteiger partial charge >= 0.3 is 5.97 Å². The number of hydrogen-bond acceptors (Lipinski definition) is 6. The van der Waals surface area contributed by atoms with E-state index in [1.54, 1.807) is 0 Å². The first-order valence-electron chi connectivity index (χ1n) is 13.2. The molecule has 6 nitrogen and oxygen atoms in total. The third-order valence-electron chi connectivity index (χ3n) is 8.77. The Hall–Kier alpha value is -1.88. The predicted octanol–water partition coefficient (Wildman–Crippen LogP) is 4.61. The van der Waals surface area contributed by atoms with Gasteiger partial charge in [-0.15, -0.1) is 5.54 Å². The van der Waals surface area contributed by atoms with Crippen molar-refractivity contribution in [3.63, 3.8) is 0 Å². The summed E-state index contributed by atoms with van der Waals surface area (Å²) in [5.41, 5.74) is 7.84. The number of methoxy groups -OCH3 is 1. The van der Waals surface area contributed by atoms with Crippen LogP contribution >= 0.6 is 0 Å². The van der Waals surface area contributed by atoms with E-state index in [0.717, 1.165) is 31.6 Å². The summed E-state index contributed by atoms with van der Waals surface area (Å²) in [6.45, 7) is 16.2. The lowest BCUT2D eigenvalue weighted by Crippen LogP contribution is -2.43. The van der Waals surface area contributed by atoms with Gasteiger partial charge in [-0.25, -0.2) is 4.98 Å². The van der Waals surface area contributed by atoms with Gasteiger partial charge in [0, 0.05) is 42.3 Å². The highest BCUT2D eigenvalue weighted by molar-refractivity contribution is 6.90. The van der Waals surface area contributed by atoms with Crippen molar-refractivity contribution in [3.8, 4) is 17.3 Å². The quantitative estimate of drug-likeness (QED) is 0.336. The molecular formula is C28H42N2O4Si. The molecule has 2 aliphatic heterocycles. The van der Waals surface area contributed by atoms with E-state index in [1.165, 1.54) is 12.7 Å². The number of fused-ring (bicyclic) bond motifs is 1. The molecule has 3 aliphatic rings. The lowest BCUT2D eigenvalue weighted by Gasteiger charge is -2.38. The molecule has 7 heteroatoms. The molecule has 35 heavy (non-hydrogen) atoms. The molecule has 0 radical (unpaired) electrons. The van der Waals surface area contributed by atoms with Crippen LogP contribution in [0.25, 0.3) is 0 Å². The Kier molecular flexibility index (Phi) is 7.66. The Balaban J connectivity index is 1.66. The highest BCUT2D eigenvalue weighted by atomic mass is 28.3. The van der Waals surface area contributed by atoms with Crippen LogP contribution in [-0.4, -0.2) is 58.0 Å². The van der Waals surface area contributed by atoms with E-state index in [2.05, 4.69) is 64.4 Å². The Morgan fingerprint density at radius 1 is 1.23 bits per heavy atom. The lowest BCUT2D eigenvalue weighted by molar-refractivity contribution is -0.142. The van der Waals surface area contributed by atoms with E-state index >= 15 is 0 Å². The third-order valence-corrected chi connectivity index (χ3v) is 15.1. The minimum atomic E-state index is -1.83. The van der Waals surface area contributed by atoms with E-state index in [4.69, 9.17) is 19.2 Å². The molecule has 192 valence electrons. The average molecular weight is 499 g/mol. The molecule has 0 bridgehead atoms. The molecule has 1 aromatic rings. The number of nitrogens with zero attached hydrogens (tertiary/aromatic N) is 1. The van der Waals surface area contributed by atoms with Crippen molar-refractivity contribution in [2.75, 3.05) is 26.9 Å². The van der Waals surface area contributed by atoms with Gasteiger partial charge in [0.15, 0.2) is 0 Å². The summed E-state index contributed by atoms with van der Waals surface area (Å²) in [5.74, 6) is 4.55. The number of aromatic nitrogens is 1. The number of ether oxygens (including phenoxy) is 3. The second-order valence-corrected chi connectivity index (χ2v) is 17.1. The van der Waals surface area contributed by atoms with E-state index in [0.29, 0.717) is 41.4 Å². The highest BCUT2D eigenvalue weighted by Gasteiger charge is 2.58. The van der Waals surface area contributed by atoms with Crippen LogP contribution in [0.5, 0.6) is 5.88 Å². The molecular weight excluding hydrogens is 456 g/mol. The topological polar surface area (TPSA) is 69.7 Å². The fraction of sp³-hybridized carbons (Fsp3) is 0.714. The molecule has 4 rings (SSSR count). The minimum Gasteiger partial charge on any atom is -0.473 e. The number of nitrogens with one attached hydrogen (secondary N) is 1. The zero-order valence-corrected chi connectivity index (χ0v) is 23.4. The van der Waals surface area contributed by atoms with Gasteiger partial charge in [-0.1, -0.05) is 47.5 Å². The fourth-order valence-electron chi connectivity index (χ4n) is 6.71. The van der Waals surface area contributed by atoms with Crippen molar-refractivity contribution in [2.24, 2.45) is 5.92 Å². The van der Waals surface area contributed by atoms with Crippen LogP contribution in [0, 0.1) is 17.4 Å². The second-order valence-electron chi connectivity index (χ2n) is 11.6. The van der Waals surface area contributed by atoms with Crippen molar-refractivity contribution in [1.29, 1.82) is 0 Å². The standard InChI is InChI=1S/C28H42N2O4Si/c1-18(2)35(19(3)4,20(5)6)11-8-21-12-24(28-9-10-33-17-22(28)14-28)26(30-15-21)34-23-13-25(29-16-23)27(31)32-7/h12,15,18-20,22-23,25,29H,9-10,13-14,16-17H2,1-7H3/t22?,23-,25-,28?/m0/s1. The van der Waals surface area contributed by atoms with Gasteiger partial charge in [0.05, 0.1) is 13.7 Å². The van der Waals surface area contributed by atoms with Crippen molar-refractivity contribution in [1.82, 2.24) is 10.3 Å². The summed E-state index contributed by atoms with van der Waals surface area (Å²) in [6, 6.07) is 1.91. The Morgan fingerprint density at radius 3 is 2.57 bits per heavy atom. The van der Waals surface area contributed by atoms with E-state index in [1.807, 2.05) is 6.20 Å². The number of pyridine rings is 1. The molecule has 1 aromatic heterocycles. The Bertz CT molecular complexity index is 977. The number of hydrogen-bond donors (Lipinski definition) is 1. The molecule has 4 atom stereocenters. The number of carbonyl (C=O) groups excluding carboxylic acids is 1. The van der Waals surface area contributed by atoms with Crippen molar-refractivity contribution in [2.45, 2.75) is 95.0 Å². The zero-order valence-electron chi connectivity index (χ0n) is 22.4. The maximum Gasteiger partial charge on any atom is 0.323 e. The van der Waals surface area contributed by atoms with Gasteiger partial charge in [0.25, 0.3) is 0 Å². The SMILES string of the molecule is COC(=O)[C@@H]1C[C@H](Oc2ncc(C#C[Si](C(C)C)(C(C)C)C(C)C)cc2C23CCOCC2C3)CN1. The van der Waals surface area contributed by atoms with Crippen LogP contribution in [0.1, 0.15) is 71.9 Å². The highest BCUT2D eigenvalue weighted by Crippen LogP contribution is 2.60. The van der Waals surface area contributed by atoms with E-state index < -0.39 is 8.07 Å². The molecule has 3 heterocycles. The summed E-state index contributed by atoms with van der Waals surface area (Å²) in [4.78, 5) is 16.8. The molecule has 1 N–H and O–H groups in total. The van der Waals surface area contributed by atoms with Gasteiger partial charge in [0.1, 0.15) is 20.2 Å². The van der Waals surface area contributed by atoms with Crippen molar-refractivity contribution >= 4 is 14.0 Å². The molecule has 2 unspecified atom stereocenters. The van der Waals surface area contributed by atoms with Crippen LogP contribution in [-0.2, 0) is 19.7 Å². The minimum absolute atomic E-state index is 0.0781. The second kappa shape index (κ2) is 10.2. The Morgan fingerprint density at radius 2 is 1.94 bits per heavy atom. The monoisotopic (exact) mass is 498 g/mol. The normalized spacial score (nSPS) is 28.0. The molecule has 0 spiro atoms. The van der Waals surface area contributed by atoms with Gasteiger partial charge in [-0.05, 0) is 41.4 Å². The van der Waals surface area contributed by atoms with Crippen molar-refractivity contribution in [3.05, 3.63) is 23.4 Å². The first-order chi connectivity index (χ1) is 16.6.